The molecule has 6 nitrogen and oxygen atoms in total. The van der Waals surface area contributed by atoms with Crippen molar-refractivity contribution in [3.63, 3.8) is 0 Å². The highest BCUT2D eigenvalue weighted by atomic mass is 35.5. The van der Waals surface area contributed by atoms with E-state index in [1.165, 1.54) is 22.9 Å². The van der Waals surface area contributed by atoms with Crippen molar-refractivity contribution in [3.8, 4) is 5.69 Å². The third-order valence-corrected chi connectivity index (χ3v) is 6.11. The van der Waals surface area contributed by atoms with Crippen molar-refractivity contribution in [2.45, 2.75) is 33.6 Å². The summed E-state index contributed by atoms with van der Waals surface area (Å²) in [7, 11) is 0. The molecule has 166 valence electrons. The zero-order valence-electron chi connectivity index (χ0n) is 18.1. The highest BCUT2D eigenvalue weighted by Crippen LogP contribution is 2.25. The van der Waals surface area contributed by atoms with E-state index in [-0.39, 0.29) is 23.5 Å². The summed E-state index contributed by atoms with van der Waals surface area (Å²) in [6, 6.07) is 5.87. The van der Waals surface area contributed by atoms with Crippen molar-refractivity contribution in [1.29, 1.82) is 0 Å². The number of halogens is 2. The van der Waals surface area contributed by atoms with Gasteiger partial charge in [-0.15, -0.1) is 0 Å². The van der Waals surface area contributed by atoms with Gasteiger partial charge < -0.3 is 9.80 Å². The number of nitrogens with zero attached hydrogens (tertiary/aromatic N) is 4. The Bertz CT molecular complexity index is 959. The molecule has 1 saturated heterocycles. The van der Waals surface area contributed by atoms with Crippen LogP contribution in [0.15, 0.2) is 30.3 Å². The van der Waals surface area contributed by atoms with Crippen molar-refractivity contribution in [2.75, 3.05) is 26.2 Å². The molecule has 1 fully saturated rings. The fourth-order valence-corrected chi connectivity index (χ4v) is 4.19. The van der Waals surface area contributed by atoms with Crippen molar-refractivity contribution < 1.29 is 14.0 Å². The highest BCUT2D eigenvalue weighted by molar-refractivity contribution is 6.31. The van der Waals surface area contributed by atoms with E-state index in [2.05, 4.69) is 5.10 Å². The second-order valence-electron chi connectivity index (χ2n) is 7.62. The molecular formula is C23H28ClFN4O2. The van der Waals surface area contributed by atoms with E-state index >= 15 is 0 Å². The fourth-order valence-electron chi connectivity index (χ4n) is 3.85. The van der Waals surface area contributed by atoms with E-state index in [0.717, 1.165) is 0 Å². The van der Waals surface area contributed by atoms with Gasteiger partial charge in [0.15, 0.2) is 0 Å². The first-order chi connectivity index (χ1) is 14.8. The van der Waals surface area contributed by atoms with Crippen LogP contribution >= 0.6 is 11.6 Å². The molecule has 2 amide bonds. The van der Waals surface area contributed by atoms with Crippen LogP contribution in [0.25, 0.3) is 11.8 Å². The first-order valence-electron chi connectivity index (χ1n) is 10.6. The molecular weight excluding hydrogens is 419 g/mol. The molecule has 0 bridgehead atoms. The van der Waals surface area contributed by atoms with E-state index in [1.807, 2.05) is 18.7 Å². The van der Waals surface area contributed by atoms with Crippen LogP contribution < -0.4 is 0 Å². The summed E-state index contributed by atoms with van der Waals surface area (Å²) >= 11 is 6.47. The topological polar surface area (TPSA) is 58.4 Å². The number of hydrogen-bond donors (Lipinski definition) is 0. The molecule has 0 aliphatic carbocycles. The molecule has 0 atom stereocenters. The number of aromatic nitrogens is 2. The van der Waals surface area contributed by atoms with Gasteiger partial charge in [0.2, 0.25) is 11.8 Å². The number of aryl methyl sites for hydroxylation is 1. The number of benzene rings is 1. The number of piperidine rings is 1. The lowest BCUT2D eigenvalue weighted by Gasteiger charge is -2.33. The number of likely N-dealkylation sites (tertiary alicyclic amines) is 1. The van der Waals surface area contributed by atoms with Crippen LogP contribution in [0.4, 0.5) is 4.39 Å². The minimum absolute atomic E-state index is 0.0152. The molecule has 8 heteroatoms. The lowest BCUT2D eigenvalue weighted by Crippen LogP contribution is -2.44. The molecule has 0 spiro atoms. The maximum absolute atomic E-state index is 13.2. The number of hydrogen-bond acceptors (Lipinski definition) is 3. The minimum Gasteiger partial charge on any atom is -0.343 e. The molecule has 2 aromatic rings. The predicted octanol–water partition coefficient (Wildman–Crippen LogP) is 4.09. The van der Waals surface area contributed by atoms with Gasteiger partial charge in [-0.05, 0) is 64.0 Å². The Hall–Kier alpha value is -2.67. The summed E-state index contributed by atoms with van der Waals surface area (Å²) in [5.41, 5.74) is 1.95. The molecule has 1 aliphatic rings. The number of carbonyl (C=O) groups is 2. The molecule has 1 aromatic carbocycles. The second-order valence-corrected chi connectivity index (χ2v) is 7.98. The fraction of sp³-hybridized carbons (Fsp3) is 0.435. The standard InChI is InChI=1S/C23H28ClFN4O2/c1-4-27(5-2)23(31)17-12-14-28(15-13-17)21(30)11-10-20-16(3)26-29(22(20)24)19-8-6-18(25)7-9-19/h6-11,17H,4-5,12-15H2,1-3H3/b11-10+. The Morgan fingerprint density at radius 1 is 1.19 bits per heavy atom. The van der Waals surface area contributed by atoms with E-state index in [4.69, 9.17) is 11.6 Å². The average molecular weight is 447 g/mol. The lowest BCUT2D eigenvalue weighted by atomic mass is 9.95. The number of carbonyl (C=O) groups excluding carboxylic acids is 2. The Kier molecular flexibility index (Phi) is 7.49. The van der Waals surface area contributed by atoms with Crippen LogP contribution in [0.3, 0.4) is 0 Å². The minimum atomic E-state index is -0.336. The Morgan fingerprint density at radius 2 is 1.81 bits per heavy atom. The lowest BCUT2D eigenvalue weighted by molar-refractivity contribution is -0.139. The Balaban J connectivity index is 1.65. The molecule has 3 rings (SSSR count). The van der Waals surface area contributed by atoms with Gasteiger partial charge in [0, 0.05) is 43.7 Å². The maximum atomic E-state index is 13.2. The van der Waals surface area contributed by atoms with Crippen molar-refractivity contribution in [3.05, 3.63) is 52.6 Å². The number of rotatable bonds is 6. The van der Waals surface area contributed by atoms with Gasteiger partial charge >= 0.3 is 0 Å². The summed E-state index contributed by atoms with van der Waals surface area (Å²) < 4.78 is 14.7. The summed E-state index contributed by atoms with van der Waals surface area (Å²) in [5.74, 6) is -0.280. The molecule has 1 aromatic heterocycles. The second kappa shape index (κ2) is 10.1. The molecule has 0 saturated carbocycles. The van der Waals surface area contributed by atoms with Gasteiger partial charge in [0.05, 0.1) is 11.4 Å². The summed E-state index contributed by atoms with van der Waals surface area (Å²) in [6.45, 7) is 8.31. The van der Waals surface area contributed by atoms with Gasteiger partial charge in [-0.1, -0.05) is 11.6 Å². The first kappa shape index (κ1) is 23.0. The van der Waals surface area contributed by atoms with Crippen LogP contribution in [0, 0.1) is 18.7 Å². The van der Waals surface area contributed by atoms with E-state index in [9.17, 15) is 14.0 Å². The summed E-state index contributed by atoms with van der Waals surface area (Å²) in [4.78, 5) is 28.8. The quantitative estimate of drug-likeness (QED) is 0.628. The molecule has 0 N–H and O–H groups in total. The summed E-state index contributed by atoms with van der Waals surface area (Å²) in [5, 5.41) is 4.76. The summed E-state index contributed by atoms with van der Waals surface area (Å²) in [6.07, 6.45) is 4.52. The predicted molar refractivity (Wildman–Crippen MR) is 120 cm³/mol. The van der Waals surface area contributed by atoms with Crippen LogP contribution in [-0.2, 0) is 9.59 Å². The van der Waals surface area contributed by atoms with Crippen molar-refractivity contribution >= 4 is 29.5 Å². The molecule has 1 aliphatic heterocycles. The normalized spacial score (nSPS) is 14.9. The van der Waals surface area contributed by atoms with Crippen LogP contribution in [0.1, 0.15) is 37.9 Å². The third kappa shape index (κ3) is 5.15. The van der Waals surface area contributed by atoms with Crippen LogP contribution in [-0.4, -0.2) is 57.6 Å². The SMILES string of the molecule is CCN(CC)C(=O)C1CCN(C(=O)/C=C/c2c(C)nn(-c3ccc(F)cc3)c2Cl)CC1. The molecule has 0 radical (unpaired) electrons. The van der Waals surface area contributed by atoms with E-state index in [1.54, 1.807) is 30.0 Å². The zero-order valence-corrected chi connectivity index (χ0v) is 18.9. The average Bonchev–Trinajstić information content (AvgIpc) is 3.06. The van der Waals surface area contributed by atoms with E-state index < -0.39 is 0 Å². The maximum Gasteiger partial charge on any atom is 0.246 e. The van der Waals surface area contributed by atoms with Gasteiger partial charge in [-0.25, -0.2) is 9.07 Å². The van der Waals surface area contributed by atoms with Crippen LogP contribution in [0.2, 0.25) is 5.15 Å². The van der Waals surface area contributed by atoms with Gasteiger partial charge in [0.1, 0.15) is 11.0 Å². The zero-order chi connectivity index (χ0) is 22.5. The van der Waals surface area contributed by atoms with Gasteiger partial charge in [0.25, 0.3) is 0 Å². The van der Waals surface area contributed by atoms with E-state index in [0.29, 0.717) is 61.1 Å². The van der Waals surface area contributed by atoms with Crippen molar-refractivity contribution in [2.24, 2.45) is 5.92 Å². The molecule has 31 heavy (non-hydrogen) atoms. The monoisotopic (exact) mass is 446 g/mol. The first-order valence-corrected chi connectivity index (χ1v) is 11.0. The smallest absolute Gasteiger partial charge is 0.246 e. The largest absolute Gasteiger partial charge is 0.343 e. The molecule has 2 heterocycles. The third-order valence-electron chi connectivity index (χ3n) is 5.74. The van der Waals surface area contributed by atoms with Gasteiger partial charge in [-0.3, -0.25) is 9.59 Å². The Morgan fingerprint density at radius 3 is 2.39 bits per heavy atom. The number of amides is 2. The molecule has 0 unspecified atom stereocenters. The Labute approximate surface area is 187 Å². The van der Waals surface area contributed by atoms with Crippen LogP contribution in [0.5, 0.6) is 0 Å². The van der Waals surface area contributed by atoms with Crippen molar-refractivity contribution in [1.82, 2.24) is 19.6 Å². The highest BCUT2D eigenvalue weighted by Gasteiger charge is 2.28. The van der Waals surface area contributed by atoms with Gasteiger partial charge in [-0.2, -0.15) is 5.10 Å².